The lowest BCUT2D eigenvalue weighted by atomic mass is 9.89. The summed E-state index contributed by atoms with van der Waals surface area (Å²) < 4.78 is 0. The van der Waals surface area contributed by atoms with Crippen LogP contribution in [0.2, 0.25) is 0 Å². The van der Waals surface area contributed by atoms with E-state index in [1.165, 1.54) is 65.3 Å². The van der Waals surface area contributed by atoms with Crippen molar-refractivity contribution >= 4 is 43.1 Å². The minimum Gasteiger partial charge on any atom is -0.0619 e. The van der Waals surface area contributed by atoms with Crippen molar-refractivity contribution in [3.05, 3.63) is 132 Å². The van der Waals surface area contributed by atoms with Crippen molar-refractivity contribution < 1.29 is 0 Å². The van der Waals surface area contributed by atoms with Crippen LogP contribution in [-0.4, -0.2) is 0 Å². The highest BCUT2D eigenvalue weighted by Crippen LogP contribution is 2.40. The van der Waals surface area contributed by atoms with E-state index in [1.807, 2.05) is 0 Å². The van der Waals surface area contributed by atoms with Crippen molar-refractivity contribution in [2.24, 2.45) is 0 Å². The Kier molecular flexibility index (Phi) is 4.01. The van der Waals surface area contributed by atoms with Crippen LogP contribution in [0, 0.1) is 0 Å². The molecule has 33 heavy (non-hydrogen) atoms. The molecule has 0 nitrogen and oxygen atoms in total. The molecule has 0 N–H and O–H groups in total. The van der Waals surface area contributed by atoms with E-state index in [4.69, 9.17) is 0 Å². The summed E-state index contributed by atoms with van der Waals surface area (Å²) in [5, 5.41) is 10.9. The van der Waals surface area contributed by atoms with Crippen molar-refractivity contribution in [3.63, 3.8) is 0 Å². The molecule has 0 aliphatic heterocycles. The van der Waals surface area contributed by atoms with Gasteiger partial charge in [0.15, 0.2) is 0 Å². The Labute approximate surface area is 193 Å². The van der Waals surface area contributed by atoms with Crippen molar-refractivity contribution in [3.8, 4) is 11.1 Å². The van der Waals surface area contributed by atoms with E-state index in [9.17, 15) is 0 Å². The Hall–Kier alpha value is -4.16. The Morgan fingerprint density at radius 3 is 1.27 bits per heavy atom. The molecule has 0 aromatic heterocycles. The van der Waals surface area contributed by atoms with Gasteiger partial charge in [-0.05, 0) is 71.8 Å². The minimum absolute atomic E-state index is 1.10. The highest BCUT2D eigenvalue weighted by atomic mass is 14.2. The van der Waals surface area contributed by atoms with E-state index in [0.717, 1.165) is 6.42 Å². The second kappa shape index (κ2) is 7.18. The maximum absolute atomic E-state index is 2.25. The normalized spacial score (nSPS) is 12.1. The molecule has 0 unspecified atom stereocenters. The number of benzene rings is 7. The summed E-state index contributed by atoms with van der Waals surface area (Å²) in [5.41, 5.74) is 5.75. The molecule has 0 saturated carbocycles. The van der Waals surface area contributed by atoms with Gasteiger partial charge in [-0.1, -0.05) is 121 Å². The average molecular weight is 419 g/mol. The fraction of sp³-hybridized carbons (Fsp3) is 0.0303. The van der Waals surface area contributed by atoms with Gasteiger partial charge in [-0.3, -0.25) is 0 Å². The van der Waals surface area contributed by atoms with Gasteiger partial charge >= 0.3 is 0 Å². The Bertz CT molecular complexity index is 1660. The molecule has 0 heteroatoms. The highest BCUT2D eigenvalue weighted by Gasteiger charge is 2.16. The third-order valence-electron chi connectivity index (χ3n) is 7.10. The molecule has 0 amide bonds. The molecule has 0 atom stereocenters. The van der Waals surface area contributed by atoms with Crippen LogP contribution in [0.25, 0.3) is 54.2 Å². The molecule has 7 aromatic carbocycles. The van der Waals surface area contributed by atoms with E-state index in [2.05, 4.69) is 121 Å². The number of hydrogen-bond acceptors (Lipinski definition) is 0. The number of hydrogen-bond donors (Lipinski definition) is 0. The lowest BCUT2D eigenvalue weighted by molar-refractivity contribution is 1.26. The van der Waals surface area contributed by atoms with Gasteiger partial charge in [0.2, 0.25) is 0 Å². The first-order valence-corrected chi connectivity index (χ1v) is 11.6. The zero-order valence-electron chi connectivity index (χ0n) is 18.3. The van der Waals surface area contributed by atoms with Gasteiger partial charge in [-0.2, -0.15) is 0 Å². The first-order valence-electron chi connectivity index (χ1n) is 11.6. The van der Waals surface area contributed by atoms with E-state index in [0.29, 0.717) is 0 Å². The summed E-state index contributed by atoms with van der Waals surface area (Å²) in [6.45, 7) is 0. The maximum Gasteiger partial charge on any atom is -0.00135 e. The van der Waals surface area contributed by atoms with Crippen LogP contribution < -0.4 is 0 Å². The quantitative estimate of drug-likeness (QED) is 0.170. The van der Waals surface area contributed by atoms with E-state index in [1.54, 1.807) is 0 Å². The largest absolute Gasteiger partial charge is 0.0619 e. The molecule has 1 aliphatic carbocycles. The van der Waals surface area contributed by atoms with Crippen LogP contribution in [0.3, 0.4) is 0 Å². The van der Waals surface area contributed by atoms with Gasteiger partial charge in [0.05, 0.1) is 0 Å². The molecule has 0 saturated heterocycles. The average Bonchev–Trinajstić information content (AvgIpc) is 3.27. The summed E-state index contributed by atoms with van der Waals surface area (Å²) in [6, 6.07) is 43.7. The molecule has 8 rings (SSSR count). The van der Waals surface area contributed by atoms with Crippen molar-refractivity contribution in [2.45, 2.75) is 6.42 Å². The summed E-state index contributed by atoms with van der Waals surface area (Å²) >= 11 is 0. The summed E-state index contributed by atoms with van der Waals surface area (Å²) in [4.78, 5) is 0. The molecule has 0 fully saturated rings. The van der Waals surface area contributed by atoms with Crippen molar-refractivity contribution in [1.29, 1.82) is 0 Å². The predicted octanol–water partition coefficient (Wildman–Crippen LogP) is 8.99. The molecule has 0 radical (unpaired) electrons. The summed E-state index contributed by atoms with van der Waals surface area (Å²) in [5.74, 6) is 0. The monoisotopic (exact) mass is 418 g/mol. The van der Waals surface area contributed by atoms with Gasteiger partial charge < -0.3 is 0 Å². The fourth-order valence-corrected chi connectivity index (χ4v) is 5.64. The predicted molar refractivity (Wildman–Crippen MR) is 142 cm³/mol. The highest BCUT2D eigenvalue weighted by molar-refractivity contribution is 6.33. The maximum atomic E-state index is 2.25. The van der Waals surface area contributed by atoms with Gasteiger partial charge in [-0.15, -0.1) is 0 Å². The van der Waals surface area contributed by atoms with Crippen LogP contribution in [0.15, 0.2) is 121 Å². The number of fused-ring (bicyclic) bond motifs is 6. The topological polar surface area (TPSA) is 0 Å². The van der Waals surface area contributed by atoms with Crippen LogP contribution in [0.5, 0.6) is 0 Å². The molecule has 0 spiro atoms. The van der Waals surface area contributed by atoms with Crippen LogP contribution in [0.4, 0.5) is 0 Å². The molecular weight excluding hydrogens is 396 g/mol. The standard InChI is InChI=1S/C20H12.C13H10/c1-2-8-16-15(7-1)17-9-3-5-13-11-12-14-6-4-10-18(16)20(14)19(13)17;1-3-7-12-10(5-1)9-11-6-2-4-8-13(11)12/h1-12H;1-8H,9H2. The summed E-state index contributed by atoms with van der Waals surface area (Å²) in [6.07, 6.45) is 1.10. The fourth-order valence-electron chi connectivity index (χ4n) is 5.64. The van der Waals surface area contributed by atoms with Gasteiger partial charge in [-0.25, -0.2) is 0 Å². The first kappa shape index (κ1) is 18.4. The lowest BCUT2D eigenvalue weighted by Gasteiger charge is -2.14. The van der Waals surface area contributed by atoms with E-state index >= 15 is 0 Å². The first-order chi connectivity index (χ1) is 16.4. The van der Waals surface area contributed by atoms with Gasteiger partial charge in [0.25, 0.3) is 0 Å². The second-order valence-electron chi connectivity index (χ2n) is 8.91. The zero-order valence-corrected chi connectivity index (χ0v) is 18.3. The minimum atomic E-state index is 1.10. The molecule has 1 aliphatic rings. The Morgan fingerprint density at radius 2 is 0.758 bits per heavy atom. The molecule has 154 valence electrons. The lowest BCUT2D eigenvalue weighted by Crippen LogP contribution is -1.86. The summed E-state index contributed by atoms with van der Waals surface area (Å²) in [7, 11) is 0. The Balaban J connectivity index is 0.000000127. The molecular formula is C33H22. The third-order valence-corrected chi connectivity index (χ3v) is 7.10. The van der Waals surface area contributed by atoms with E-state index < -0.39 is 0 Å². The van der Waals surface area contributed by atoms with Gasteiger partial charge in [0.1, 0.15) is 0 Å². The van der Waals surface area contributed by atoms with Crippen LogP contribution in [0.1, 0.15) is 11.1 Å². The van der Waals surface area contributed by atoms with E-state index in [-0.39, 0.29) is 0 Å². The van der Waals surface area contributed by atoms with Crippen LogP contribution in [-0.2, 0) is 6.42 Å². The zero-order chi connectivity index (χ0) is 21.8. The van der Waals surface area contributed by atoms with Gasteiger partial charge in [0, 0.05) is 0 Å². The Morgan fingerprint density at radius 1 is 0.333 bits per heavy atom. The van der Waals surface area contributed by atoms with Crippen molar-refractivity contribution in [1.82, 2.24) is 0 Å². The second-order valence-corrected chi connectivity index (χ2v) is 8.91. The SMILES string of the molecule is c1ccc2c(c1)Cc1ccccc1-2.c1ccc2c(c1)c1cccc3ccc4cccc2c4c31. The van der Waals surface area contributed by atoms with Crippen molar-refractivity contribution in [2.75, 3.05) is 0 Å². The number of rotatable bonds is 0. The smallest absolute Gasteiger partial charge is 0.00135 e. The molecule has 0 bridgehead atoms. The molecule has 7 aromatic rings. The van der Waals surface area contributed by atoms with Crippen LogP contribution >= 0.6 is 0 Å². The molecule has 0 heterocycles. The third kappa shape index (κ3) is 2.78.